The molecule has 1 aliphatic heterocycles. The van der Waals surface area contributed by atoms with Crippen LogP contribution in [0.4, 0.5) is 0 Å². The lowest BCUT2D eigenvalue weighted by molar-refractivity contribution is -0.135. The van der Waals surface area contributed by atoms with Gasteiger partial charge in [0.1, 0.15) is 0 Å². The van der Waals surface area contributed by atoms with Gasteiger partial charge in [0.05, 0.1) is 6.67 Å². The lowest BCUT2D eigenvalue weighted by Gasteiger charge is -2.29. The van der Waals surface area contributed by atoms with Crippen molar-refractivity contribution in [1.29, 1.82) is 0 Å². The lowest BCUT2D eigenvalue weighted by Crippen LogP contribution is -2.43. The quantitative estimate of drug-likeness (QED) is 0.448. The maximum Gasteiger partial charge on any atom is 0.224 e. The van der Waals surface area contributed by atoms with E-state index < -0.39 is 0 Å². The second-order valence-electron chi connectivity index (χ2n) is 2.56. The summed E-state index contributed by atoms with van der Waals surface area (Å²) in [5, 5.41) is 0. The Morgan fingerprint density at radius 1 is 1.44 bits per heavy atom. The van der Waals surface area contributed by atoms with E-state index in [4.69, 9.17) is 0 Å². The van der Waals surface area contributed by atoms with Crippen molar-refractivity contribution in [3.8, 4) is 0 Å². The van der Waals surface area contributed by atoms with Crippen molar-refractivity contribution >= 4 is 5.91 Å². The molecule has 0 bridgehead atoms. The summed E-state index contributed by atoms with van der Waals surface area (Å²) in [6.45, 7) is 1.68. The Morgan fingerprint density at radius 3 is 2.56 bits per heavy atom. The van der Waals surface area contributed by atoms with Gasteiger partial charge >= 0.3 is 0 Å². The first-order chi connectivity index (χ1) is 4.20. The van der Waals surface area contributed by atoms with Crippen LogP contribution in [0.5, 0.6) is 0 Å². The zero-order chi connectivity index (χ0) is 6.85. The highest BCUT2D eigenvalue weighted by Crippen LogP contribution is 2.01. The summed E-state index contributed by atoms with van der Waals surface area (Å²) in [4.78, 5) is 14.7. The number of hydrogen-bond acceptors (Lipinski definition) is 2. The summed E-state index contributed by atoms with van der Waals surface area (Å²) in [5.74, 6) is 0.258. The first-order valence-corrected chi connectivity index (χ1v) is 3.12. The molecule has 0 aromatic heterocycles. The molecule has 0 saturated carbocycles. The van der Waals surface area contributed by atoms with Crippen molar-refractivity contribution in [3.05, 3.63) is 0 Å². The maximum absolute atomic E-state index is 10.8. The molecule has 1 rings (SSSR count). The van der Waals surface area contributed by atoms with Crippen molar-refractivity contribution in [2.45, 2.75) is 6.42 Å². The van der Waals surface area contributed by atoms with E-state index in [2.05, 4.69) is 4.90 Å². The molecule has 3 heteroatoms. The average molecular weight is 128 g/mol. The van der Waals surface area contributed by atoms with Crippen molar-refractivity contribution in [3.63, 3.8) is 0 Å². The molecule has 52 valence electrons. The van der Waals surface area contributed by atoms with Gasteiger partial charge in [0.2, 0.25) is 5.91 Å². The van der Waals surface area contributed by atoms with Gasteiger partial charge in [0, 0.05) is 20.0 Å². The minimum atomic E-state index is 0.258. The van der Waals surface area contributed by atoms with Crippen LogP contribution in [-0.4, -0.2) is 43.0 Å². The molecule has 0 aliphatic carbocycles. The fourth-order valence-corrected chi connectivity index (χ4v) is 0.989. The molecule has 0 spiro atoms. The van der Waals surface area contributed by atoms with Crippen molar-refractivity contribution < 1.29 is 4.79 Å². The molecule has 1 heterocycles. The number of nitrogens with zero attached hydrogens (tertiary/aromatic N) is 2. The van der Waals surface area contributed by atoms with E-state index in [-0.39, 0.29) is 5.91 Å². The van der Waals surface area contributed by atoms with E-state index in [0.29, 0.717) is 6.42 Å². The van der Waals surface area contributed by atoms with Gasteiger partial charge in [0.15, 0.2) is 0 Å². The van der Waals surface area contributed by atoms with Crippen molar-refractivity contribution in [1.82, 2.24) is 9.80 Å². The van der Waals surface area contributed by atoms with Gasteiger partial charge in [-0.15, -0.1) is 0 Å². The molecule has 1 aliphatic rings. The highest BCUT2D eigenvalue weighted by molar-refractivity contribution is 5.76. The van der Waals surface area contributed by atoms with Crippen LogP contribution in [0.3, 0.4) is 0 Å². The summed E-state index contributed by atoms with van der Waals surface area (Å²) in [5.41, 5.74) is 0. The van der Waals surface area contributed by atoms with E-state index in [1.807, 2.05) is 14.1 Å². The normalized spacial score (nSPS) is 22.9. The predicted octanol–water partition coefficient (Wildman–Crippen LogP) is -0.262. The van der Waals surface area contributed by atoms with Crippen LogP contribution in [-0.2, 0) is 4.79 Å². The summed E-state index contributed by atoms with van der Waals surface area (Å²) < 4.78 is 0. The predicted molar refractivity (Wildman–Crippen MR) is 34.9 cm³/mol. The third-order valence-corrected chi connectivity index (χ3v) is 1.59. The van der Waals surface area contributed by atoms with E-state index in [1.165, 1.54) is 0 Å². The summed E-state index contributed by atoms with van der Waals surface area (Å²) >= 11 is 0. The molecule has 9 heavy (non-hydrogen) atoms. The molecule has 1 saturated heterocycles. The SMILES string of the molecule is CN1CCC(=O)N(C)C1. The summed E-state index contributed by atoms with van der Waals surface area (Å²) in [7, 11) is 3.85. The van der Waals surface area contributed by atoms with Crippen LogP contribution in [0, 0.1) is 0 Å². The Bertz CT molecular complexity index is 124. The van der Waals surface area contributed by atoms with Gasteiger partial charge < -0.3 is 4.90 Å². The maximum atomic E-state index is 10.8. The van der Waals surface area contributed by atoms with Crippen LogP contribution >= 0.6 is 0 Å². The van der Waals surface area contributed by atoms with E-state index >= 15 is 0 Å². The average Bonchev–Trinajstić information content (AvgIpc) is 1.80. The molecule has 0 radical (unpaired) electrons. The molecule has 3 nitrogen and oxygen atoms in total. The Hall–Kier alpha value is -0.570. The van der Waals surface area contributed by atoms with Crippen LogP contribution < -0.4 is 0 Å². The fourth-order valence-electron chi connectivity index (χ4n) is 0.989. The second-order valence-corrected chi connectivity index (χ2v) is 2.56. The second kappa shape index (κ2) is 2.35. The highest BCUT2D eigenvalue weighted by Gasteiger charge is 2.16. The molecule has 0 atom stereocenters. The molecule has 0 aromatic carbocycles. The Kier molecular flexibility index (Phi) is 1.71. The first kappa shape index (κ1) is 6.55. The monoisotopic (exact) mass is 128 g/mol. The molecule has 0 unspecified atom stereocenters. The number of rotatable bonds is 0. The minimum absolute atomic E-state index is 0.258. The largest absolute Gasteiger partial charge is 0.333 e. The smallest absolute Gasteiger partial charge is 0.224 e. The molecule has 1 fully saturated rings. The Balaban J connectivity index is 2.44. The van der Waals surface area contributed by atoms with Crippen LogP contribution in [0.25, 0.3) is 0 Å². The summed E-state index contributed by atoms with van der Waals surface area (Å²) in [6.07, 6.45) is 0.674. The van der Waals surface area contributed by atoms with Crippen molar-refractivity contribution in [2.75, 3.05) is 27.3 Å². The topological polar surface area (TPSA) is 23.6 Å². The lowest BCUT2D eigenvalue weighted by atomic mass is 10.3. The number of hydrogen-bond donors (Lipinski definition) is 0. The van der Waals surface area contributed by atoms with E-state index in [1.54, 1.807) is 4.90 Å². The van der Waals surface area contributed by atoms with Gasteiger partial charge in [-0.05, 0) is 7.05 Å². The molecule has 0 aromatic rings. The minimum Gasteiger partial charge on any atom is -0.333 e. The van der Waals surface area contributed by atoms with Gasteiger partial charge in [0.25, 0.3) is 0 Å². The zero-order valence-corrected chi connectivity index (χ0v) is 5.92. The van der Waals surface area contributed by atoms with Gasteiger partial charge in [-0.2, -0.15) is 0 Å². The van der Waals surface area contributed by atoms with Gasteiger partial charge in [-0.25, -0.2) is 0 Å². The third kappa shape index (κ3) is 1.42. The Labute approximate surface area is 55.2 Å². The van der Waals surface area contributed by atoms with E-state index in [0.717, 1.165) is 13.2 Å². The number of carbonyl (C=O) groups excluding carboxylic acids is 1. The molecular weight excluding hydrogens is 116 g/mol. The third-order valence-electron chi connectivity index (χ3n) is 1.59. The fraction of sp³-hybridized carbons (Fsp3) is 0.833. The highest BCUT2D eigenvalue weighted by atomic mass is 16.2. The summed E-state index contributed by atoms with van der Waals surface area (Å²) in [6, 6.07) is 0. The van der Waals surface area contributed by atoms with Crippen LogP contribution in [0.1, 0.15) is 6.42 Å². The van der Waals surface area contributed by atoms with Crippen LogP contribution in [0.15, 0.2) is 0 Å². The standard InChI is InChI=1S/C6H12N2O/c1-7-4-3-6(9)8(2)5-7/h3-5H2,1-2H3. The molecule has 0 N–H and O–H groups in total. The van der Waals surface area contributed by atoms with Crippen LogP contribution in [0.2, 0.25) is 0 Å². The van der Waals surface area contributed by atoms with Gasteiger partial charge in [-0.1, -0.05) is 0 Å². The zero-order valence-electron chi connectivity index (χ0n) is 5.92. The number of amides is 1. The Morgan fingerprint density at radius 2 is 2.11 bits per heavy atom. The van der Waals surface area contributed by atoms with Gasteiger partial charge in [-0.3, -0.25) is 9.69 Å². The molecular formula is C6H12N2O. The molecule has 1 amide bonds. The number of carbonyl (C=O) groups is 1. The van der Waals surface area contributed by atoms with Crippen molar-refractivity contribution in [2.24, 2.45) is 0 Å². The first-order valence-electron chi connectivity index (χ1n) is 3.12. The van der Waals surface area contributed by atoms with E-state index in [9.17, 15) is 4.79 Å².